The summed E-state index contributed by atoms with van der Waals surface area (Å²) in [6.07, 6.45) is 0.979. The number of hydrogen-bond donors (Lipinski definition) is 1. The van der Waals surface area contributed by atoms with Crippen LogP contribution in [0.5, 0.6) is 0 Å². The van der Waals surface area contributed by atoms with Crippen molar-refractivity contribution in [2.24, 2.45) is 0 Å². The van der Waals surface area contributed by atoms with Crippen LogP contribution in [0.3, 0.4) is 0 Å². The molecule has 2 rings (SSSR count). The molecular formula is C17H25N3S. The molecule has 0 amide bonds. The molecule has 21 heavy (non-hydrogen) atoms. The van der Waals surface area contributed by atoms with Gasteiger partial charge in [0.25, 0.3) is 0 Å². The molecule has 0 unspecified atom stereocenters. The zero-order valence-corrected chi connectivity index (χ0v) is 14.4. The Bertz CT molecular complexity index is 589. The summed E-state index contributed by atoms with van der Waals surface area (Å²) >= 11 is 1.79. The van der Waals surface area contributed by atoms with Crippen molar-refractivity contribution in [3.63, 3.8) is 0 Å². The summed E-state index contributed by atoms with van der Waals surface area (Å²) < 4.78 is 0. The van der Waals surface area contributed by atoms with E-state index in [-0.39, 0.29) is 0 Å². The monoisotopic (exact) mass is 303 g/mol. The van der Waals surface area contributed by atoms with Crippen LogP contribution in [0.4, 0.5) is 10.8 Å². The largest absolute Gasteiger partial charge is 0.321 e. The summed E-state index contributed by atoms with van der Waals surface area (Å²) in [6.45, 7) is 9.54. The number of nitrogens with zero attached hydrogens (tertiary/aromatic N) is 2. The van der Waals surface area contributed by atoms with Crippen LogP contribution in [0, 0.1) is 6.92 Å². The van der Waals surface area contributed by atoms with Gasteiger partial charge in [0.15, 0.2) is 5.13 Å². The number of hydrogen-bond acceptors (Lipinski definition) is 4. The summed E-state index contributed by atoms with van der Waals surface area (Å²) in [6, 6.07) is 9.03. The topological polar surface area (TPSA) is 28.2 Å². The van der Waals surface area contributed by atoms with E-state index < -0.39 is 0 Å². The maximum absolute atomic E-state index is 4.82. The highest BCUT2D eigenvalue weighted by molar-refractivity contribution is 7.15. The Kier molecular flexibility index (Phi) is 5.37. The predicted octanol–water partition coefficient (Wildman–Crippen LogP) is 4.28. The van der Waals surface area contributed by atoms with Gasteiger partial charge in [-0.05, 0) is 31.0 Å². The molecule has 1 aromatic carbocycles. The molecule has 0 spiro atoms. The molecule has 0 saturated heterocycles. The second-order valence-electron chi connectivity index (χ2n) is 5.65. The fraction of sp³-hybridized carbons (Fsp3) is 0.471. The normalized spacial score (nSPS) is 11.1. The van der Waals surface area contributed by atoms with E-state index in [1.807, 2.05) is 0 Å². The van der Waals surface area contributed by atoms with Crippen molar-refractivity contribution in [2.45, 2.75) is 46.7 Å². The van der Waals surface area contributed by atoms with E-state index in [1.165, 1.54) is 21.8 Å². The summed E-state index contributed by atoms with van der Waals surface area (Å²) in [5, 5.41) is 4.56. The van der Waals surface area contributed by atoms with Crippen molar-refractivity contribution in [2.75, 3.05) is 11.9 Å². The third-order valence-corrected chi connectivity index (χ3v) is 4.62. The Morgan fingerprint density at radius 1 is 1.33 bits per heavy atom. The minimum absolute atomic E-state index is 0.495. The molecule has 0 saturated carbocycles. The number of nitrogens with one attached hydrogen (secondary N) is 1. The molecule has 0 fully saturated rings. The van der Waals surface area contributed by atoms with Gasteiger partial charge in [0.05, 0.1) is 5.69 Å². The van der Waals surface area contributed by atoms with Gasteiger partial charge in [-0.2, -0.15) is 0 Å². The molecule has 0 aliphatic rings. The Morgan fingerprint density at radius 3 is 2.71 bits per heavy atom. The van der Waals surface area contributed by atoms with E-state index in [4.69, 9.17) is 4.98 Å². The maximum atomic E-state index is 4.82. The van der Waals surface area contributed by atoms with E-state index in [0.717, 1.165) is 18.1 Å². The average molecular weight is 303 g/mol. The number of anilines is 2. The summed E-state index contributed by atoms with van der Waals surface area (Å²) in [5.41, 5.74) is 3.67. The molecule has 0 atom stereocenters. The van der Waals surface area contributed by atoms with Gasteiger partial charge >= 0.3 is 0 Å². The molecule has 0 aliphatic heterocycles. The van der Waals surface area contributed by atoms with Crippen LogP contribution in [0.25, 0.3) is 0 Å². The lowest BCUT2D eigenvalue weighted by Crippen LogP contribution is -2.21. The van der Waals surface area contributed by atoms with Crippen molar-refractivity contribution in [1.29, 1.82) is 0 Å². The number of aryl methyl sites for hydroxylation is 2. The van der Waals surface area contributed by atoms with Gasteiger partial charge in [0.1, 0.15) is 0 Å². The minimum atomic E-state index is 0.495. The number of rotatable bonds is 6. The van der Waals surface area contributed by atoms with Gasteiger partial charge in [-0.3, -0.25) is 0 Å². The van der Waals surface area contributed by atoms with Crippen molar-refractivity contribution in [1.82, 2.24) is 10.3 Å². The van der Waals surface area contributed by atoms with Crippen molar-refractivity contribution < 1.29 is 0 Å². The van der Waals surface area contributed by atoms with Crippen LogP contribution in [-0.2, 0) is 13.0 Å². The van der Waals surface area contributed by atoms with Crippen molar-refractivity contribution >= 4 is 22.2 Å². The zero-order chi connectivity index (χ0) is 15.4. The molecule has 0 radical (unpaired) electrons. The molecular weight excluding hydrogens is 278 g/mol. The number of aromatic nitrogens is 1. The first-order valence-electron chi connectivity index (χ1n) is 7.53. The zero-order valence-electron chi connectivity index (χ0n) is 13.6. The van der Waals surface area contributed by atoms with Crippen molar-refractivity contribution in [3.8, 4) is 0 Å². The van der Waals surface area contributed by atoms with Crippen LogP contribution >= 0.6 is 11.3 Å². The van der Waals surface area contributed by atoms with Crippen molar-refractivity contribution in [3.05, 3.63) is 40.4 Å². The highest BCUT2D eigenvalue weighted by Crippen LogP contribution is 2.31. The van der Waals surface area contributed by atoms with Crippen LogP contribution in [0.2, 0.25) is 0 Å². The van der Waals surface area contributed by atoms with Gasteiger partial charge < -0.3 is 10.2 Å². The third kappa shape index (κ3) is 4.05. The summed E-state index contributed by atoms with van der Waals surface area (Å²) in [7, 11) is 2.09. The molecule has 114 valence electrons. The quantitative estimate of drug-likeness (QED) is 0.863. The number of thiazole rings is 1. The molecule has 0 aliphatic carbocycles. The Morgan fingerprint density at radius 2 is 2.10 bits per heavy atom. The van der Waals surface area contributed by atoms with Gasteiger partial charge in [0.2, 0.25) is 0 Å². The fourth-order valence-corrected chi connectivity index (χ4v) is 3.25. The van der Waals surface area contributed by atoms with E-state index in [9.17, 15) is 0 Å². The van der Waals surface area contributed by atoms with Gasteiger partial charge in [0, 0.05) is 30.2 Å². The fourth-order valence-electron chi connectivity index (χ4n) is 2.17. The Balaban J connectivity index is 2.23. The highest BCUT2D eigenvalue weighted by Gasteiger charge is 2.14. The first kappa shape index (κ1) is 16.0. The van der Waals surface area contributed by atoms with Crippen LogP contribution in [-0.4, -0.2) is 18.1 Å². The maximum Gasteiger partial charge on any atom is 0.190 e. The first-order chi connectivity index (χ1) is 10.0. The minimum Gasteiger partial charge on any atom is -0.321 e. The van der Waals surface area contributed by atoms with Gasteiger partial charge in [-0.1, -0.05) is 44.2 Å². The second-order valence-corrected chi connectivity index (χ2v) is 6.72. The Labute approximate surface area is 132 Å². The smallest absolute Gasteiger partial charge is 0.190 e. The predicted molar refractivity (Wildman–Crippen MR) is 92.7 cm³/mol. The standard InChI is InChI=1S/C17H25N3S/c1-6-15-16(11-18-12(2)3)21-17(19-15)20(5)14-9-7-8-13(4)10-14/h7-10,12,18H,6,11H2,1-5H3. The third-order valence-electron chi connectivity index (χ3n) is 3.45. The van der Waals surface area contributed by atoms with Crippen LogP contribution < -0.4 is 10.2 Å². The molecule has 3 nitrogen and oxygen atoms in total. The van der Waals surface area contributed by atoms with E-state index in [2.05, 4.69) is 69.2 Å². The van der Waals surface area contributed by atoms with E-state index >= 15 is 0 Å². The second kappa shape index (κ2) is 7.05. The SMILES string of the molecule is CCc1nc(N(C)c2cccc(C)c2)sc1CNC(C)C. The lowest BCUT2D eigenvalue weighted by Gasteiger charge is -2.16. The Hall–Kier alpha value is -1.39. The van der Waals surface area contributed by atoms with Gasteiger partial charge in [-0.15, -0.1) is 0 Å². The molecule has 1 N–H and O–H groups in total. The highest BCUT2D eigenvalue weighted by atomic mass is 32.1. The summed E-state index contributed by atoms with van der Waals surface area (Å²) in [5.74, 6) is 0. The van der Waals surface area contributed by atoms with Gasteiger partial charge in [-0.25, -0.2) is 4.98 Å². The van der Waals surface area contributed by atoms with Crippen LogP contribution in [0.1, 0.15) is 36.9 Å². The molecule has 1 heterocycles. The lowest BCUT2D eigenvalue weighted by molar-refractivity contribution is 0.590. The first-order valence-corrected chi connectivity index (χ1v) is 8.35. The number of benzene rings is 1. The molecule has 0 bridgehead atoms. The van der Waals surface area contributed by atoms with Crippen LogP contribution in [0.15, 0.2) is 24.3 Å². The molecule has 4 heteroatoms. The molecule has 1 aromatic heterocycles. The van der Waals surface area contributed by atoms with E-state index in [1.54, 1.807) is 11.3 Å². The average Bonchev–Trinajstić information content (AvgIpc) is 2.87. The summed E-state index contributed by atoms with van der Waals surface area (Å²) in [4.78, 5) is 8.34. The lowest BCUT2D eigenvalue weighted by atomic mass is 10.2. The van der Waals surface area contributed by atoms with E-state index in [0.29, 0.717) is 6.04 Å². The molecule has 2 aromatic rings.